The van der Waals surface area contributed by atoms with Gasteiger partial charge in [-0.3, -0.25) is 4.79 Å². The lowest BCUT2D eigenvalue weighted by Gasteiger charge is -2.27. The van der Waals surface area contributed by atoms with E-state index in [-0.39, 0.29) is 30.7 Å². The molecule has 0 saturated carbocycles. The second-order valence-electron chi connectivity index (χ2n) is 2.91. The van der Waals surface area contributed by atoms with Gasteiger partial charge in [0.15, 0.2) is 0 Å². The minimum Gasteiger partial charge on any atom is -0.346 e. The second kappa shape index (κ2) is 6.52. The van der Waals surface area contributed by atoms with Gasteiger partial charge >= 0.3 is 0 Å². The zero-order valence-electron chi connectivity index (χ0n) is 7.16. The summed E-state index contributed by atoms with van der Waals surface area (Å²) < 4.78 is 0. The lowest BCUT2D eigenvalue weighted by molar-refractivity contribution is -0.133. The number of piperidine rings is 1. The monoisotopic (exact) mass is 214 g/mol. The van der Waals surface area contributed by atoms with Crippen molar-refractivity contribution >= 4 is 30.7 Å². The van der Waals surface area contributed by atoms with Crippen molar-refractivity contribution in [3.8, 4) is 0 Å². The van der Waals surface area contributed by atoms with Gasteiger partial charge in [-0.25, -0.2) is 0 Å². The molecule has 5 heteroatoms. The van der Waals surface area contributed by atoms with E-state index in [0.717, 1.165) is 13.0 Å². The Morgan fingerprint density at radius 3 is 2.58 bits per heavy atom. The third-order valence-corrected chi connectivity index (χ3v) is 2.10. The normalized spacial score (nSPS) is 22.7. The Bertz CT molecular complexity index is 143. The fourth-order valence-electron chi connectivity index (χ4n) is 1.21. The molecule has 0 aromatic carbocycles. The van der Waals surface area contributed by atoms with Gasteiger partial charge in [-0.15, -0.1) is 24.8 Å². The van der Waals surface area contributed by atoms with Gasteiger partial charge in [0.25, 0.3) is 0 Å². The van der Waals surface area contributed by atoms with E-state index >= 15 is 0 Å². The molecule has 0 bridgehead atoms. The SMILES string of the molecule is CN1CCC(CN)CC1=O.Cl.Cl. The third-order valence-electron chi connectivity index (χ3n) is 2.10. The highest BCUT2D eigenvalue weighted by atomic mass is 35.5. The Balaban J connectivity index is 0. The van der Waals surface area contributed by atoms with E-state index in [1.54, 1.807) is 4.90 Å². The Morgan fingerprint density at radius 1 is 1.58 bits per heavy atom. The maximum Gasteiger partial charge on any atom is 0.222 e. The number of rotatable bonds is 1. The van der Waals surface area contributed by atoms with Crippen molar-refractivity contribution in [1.29, 1.82) is 0 Å². The first-order valence-electron chi connectivity index (χ1n) is 3.68. The van der Waals surface area contributed by atoms with E-state index in [2.05, 4.69) is 0 Å². The first-order valence-corrected chi connectivity index (χ1v) is 3.68. The van der Waals surface area contributed by atoms with Crippen LogP contribution in [0.2, 0.25) is 0 Å². The Morgan fingerprint density at radius 2 is 2.17 bits per heavy atom. The minimum absolute atomic E-state index is 0. The molecule has 0 radical (unpaired) electrons. The number of nitrogens with two attached hydrogens (primary N) is 1. The van der Waals surface area contributed by atoms with Crippen molar-refractivity contribution in [2.45, 2.75) is 12.8 Å². The molecule has 1 unspecified atom stereocenters. The predicted molar refractivity (Wildman–Crippen MR) is 53.9 cm³/mol. The summed E-state index contributed by atoms with van der Waals surface area (Å²) in [5.74, 6) is 0.672. The smallest absolute Gasteiger partial charge is 0.222 e. The molecule has 0 spiro atoms. The van der Waals surface area contributed by atoms with Crippen LogP contribution in [0, 0.1) is 5.92 Å². The van der Waals surface area contributed by atoms with Crippen molar-refractivity contribution < 1.29 is 4.79 Å². The van der Waals surface area contributed by atoms with Crippen molar-refractivity contribution in [3.63, 3.8) is 0 Å². The highest BCUT2D eigenvalue weighted by Crippen LogP contribution is 2.14. The number of nitrogens with zero attached hydrogens (tertiary/aromatic N) is 1. The van der Waals surface area contributed by atoms with Crippen molar-refractivity contribution in [2.24, 2.45) is 11.7 Å². The van der Waals surface area contributed by atoms with Gasteiger partial charge in [-0.2, -0.15) is 0 Å². The quantitative estimate of drug-likeness (QED) is 0.698. The van der Waals surface area contributed by atoms with Gasteiger partial charge in [-0.1, -0.05) is 0 Å². The number of carbonyl (C=O) groups excluding carboxylic acids is 1. The topological polar surface area (TPSA) is 46.3 Å². The average Bonchev–Trinajstić information content (AvgIpc) is 1.95. The second-order valence-corrected chi connectivity index (χ2v) is 2.91. The molecular formula is C7H16Cl2N2O. The molecule has 0 aromatic heterocycles. The maximum atomic E-state index is 11.0. The van der Waals surface area contributed by atoms with Gasteiger partial charge in [0.2, 0.25) is 5.91 Å². The number of halogens is 2. The molecule has 0 aromatic rings. The number of carbonyl (C=O) groups is 1. The molecule has 74 valence electrons. The Labute approximate surface area is 85.5 Å². The van der Waals surface area contributed by atoms with Crippen LogP contribution in [0.15, 0.2) is 0 Å². The lowest BCUT2D eigenvalue weighted by Crippen LogP contribution is -2.37. The van der Waals surface area contributed by atoms with Crippen LogP contribution in [-0.2, 0) is 4.79 Å². The molecule has 1 aliphatic heterocycles. The van der Waals surface area contributed by atoms with E-state index < -0.39 is 0 Å². The van der Waals surface area contributed by atoms with Crippen LogP contribution in [0.25, 0.3) is 0 Å². The first-order chi connectivity index (χ1) is 4.74. The van der Waals surface area contributed by atoms with E-state index in [0.29, 0.717) is 18.9 Å². The van der Waals surface area contributed by atoms with E-state index in [1.165, 1.54) is 0 Å². The number of hydrogen-bond donors (Lipinski definition) is 1. The van der Waals surface area contributed by atoms with Crippen LogP contribution in [0.4, 0.5) is 0 Å². The number of hydrogen-bond acceptors (Lipinski definition) is 2. The van der Waals surface area contributed by atoms with Crippen LogP contribution in [0.5, 0.6) is 0 Å². The Hall–Kier alpha value is 0.01000. The molecule has 1 heterocycles. The van der Waals surface area contributed by atoms with Crippen LogP contribution < -0.4 is 5.73 Å². The molecule has 1 fully saturated rings. The number of likely N-dealkylation sites (tertiary alicyclic amines) is 1. The summed E-state index contributed by atoms with van der Waals surface area (Å²) >= 11 is 0. The van der Waals surface area contributed by atoms with Crippen molar-refractivity contribution in [2.75, 3.05) is 20.1 Å². The average molecular weight is 215 g/mol. The van der Waals surface area contributed by atoms with Gasteiger partial charge in [-0.05, 0) is 18.9 Å². The van der Waals surface area contributed by atoms with Gasteiger partial charge in [0, 0.05) is 20.0 Å². The minimum atomic E-state index is 0. The maximum absolute atomic E-state index is 11.0. The van der Waals surface area contributed by atoms with E-state index in [4.69, 9.17) is 5.73 Å². The third kappa shape index (κ3) is 3.61. The van der Waals surface area contributed by atoms with E-state index in [1.807, 2.05) is 7.05 Å². The van der Waals surface area contributed by atoms with Crippen LogP contribution in [-0.4, -0.2) is 30.9 Å². The summed E-state index contributed by atoms with van der Waals surface area (Å²) in [6.45, 7) is 1.53. The molecule has 2 N–H and O–H groups in total. The van der Waals surface area contributed by atoms with Gasteiger partial charge < -0.3 is 10.6 Å². The fraction of sp³-hybridized carbons (Fsp3) is 0.857. The molecule has 1 aliphatic rings. The molecule has 1 saturated heterocycles. The van der Waals surface area contributed by atoms with E-state index in [9.17, 15) is 4.79 Å². The van der Waals surface area contributed by atoms with Crippen molar-refractivity contribution in [1.82, 2.24) is 4.90 Å². The number of amides is 1. The Kier molecular flexibility index (Phi) is 7.89. The highest BCUT2D eigenvalue weighted by molar-refractivity contribution is 5.85. The first kappa shape index (κ1) is 14.5. The molecule has 1 rings (SSSR count). The molecular weight excluding hydrogens is 199 g/mol. The van der Waals surface area contributed by atoms with Gasteiger partial charge in [0.1, 0.15) is 0 Å². The summed E-state index contributed by atoms with van der Waals surface area (Å²) in [7, 11) is 1.84. The summed E-state index contributed by atoms with van der Waals surface area (Å²) in [4.78, 5) is 12.8. The summed E-state index contributed by atoms with van der Waals surface area (Å²) in [5, 5.41) is 0. The largest absolute Gasteiger partial charge is 0.346 e. The van der Waals surface area contributed by atoms with Crippen molar-refractivity contribution in [3.05, 3.63) is 0 Å². The molecule has 1 atom stereocenters. The molecule has 3 nitrogen and oxygen atoms in total. The zero-order valence-corrected chi connectivity index (χ0v) is 8.79. The van der Waals surface area contributed by atoms with Gasteiger partial charge in [0.05, 0.1) is 0 Å². The predicted octanol–water partition coefficient (Wildman–Crippen LogP) is 0.657. The summed E-state index contributed by atoms with van der Waals surface area (Å²) in [5.41, 5.74) is 5.44. The zero-order chi connectivity index (χ0) is 7.56. The fourth-order valence-corrected chi connectivity index (χ4v) is 1.21. The van der Waals surface area contributed by atoms with Crippen LogP contribution >= 0.6 is 24.8 Å². The molecule has 12 heavy (non-hydrogen) atoms. The standard InChI is InChI=1S/C7H14N2O.2ClH/c1-9-3-2-6(5-8)4-7(9)10;;/h6H,2-5,8H2,1H3;2*1H. The highest BCUT2D eigenvalue weighted by Gasteiger charge is 2.21. The molecule has 0 aliphatic carbocycles. The van der Waals surface area contributed by atoms with Crippen LogP contribution in [0.1, 0.15) is 12.8 Å². The molecule has 1 amide bonds. The summed E-state index contributed by atoms with van der Waals surface area (Å²) in [6, 6.07) is 0. The summed E-state index contributed by atoms with van der Waals surface area (Å²) in [6.07, 6.45) is 1.71. The van der Waals surface area contributed by atoms with Crippen LogP contribution in [0.3, 0.4) is 0 Å². The lowest BCUT2D eigenvalue weighted by atomic mass is 9.97.